The van der Waals surface area contributed by atoms with Gasteiger partial charge in [-0.1, -0.05) is 37.0 Å². The Morgan fingerprint density at radius 3 is 2.90 bits per heavy atom. The molecule has 0 bridgehead atoms. The minimum Gasteiger partial charge on any atom is -0.382 e. The molecule has 1 fully saturated rings. The SMILES string of the molecule is CCCNc1nc2ccccn2c(=O)c1C=C1SC(=S)N(CCCOCC)C1=O. The van der Waals surface area contributed by atoms with E-state index in [4.69, 9.17) is 17.0 Å². The zero-order chi connectivity index (χ0) is 20.8. The first kappa shape index (κ1) is 21.5. The molecule has 1 N–H and O–H groups in total. The quantitative estimate of drug-likeness (QED) is 0.371. The second kappa shape index (κ2) is 10.00. The van der Waals surface area contributed by atoms with Crippen LogP contribution >= 0.6 is 24.0 Å². The van der Waals surface area contributed by atoms with Crippen molar-refractivity contribution in [3.8, 4) is 0 Å². The van der Waals surface area contributed by atoms with Crippen LogP contribution in [0.5, 0.6) is 0 Å². The number of fused-ring (bicyclic) bond motifs is 1. The van der Waals surface area contributed by atoms with E-state index in [1.165, 1.54) is 16.2 Å². The number of ether oxygens (including phenoxy) is 1. The summed E-state index contributed by atoms with van der Waals surface area (Å²) in [6.07, 6.45) is 4.87. The lowest BCUT2D eigenvalue weighted by molar-refractivity contribution is -0.122. The summed E-state index contributed by atoms with van der Waals surface area (Å²) >= 11 is 6.58. The number of nitrogens with zero attached hydrogens (tertiary/aromatic N) is 3. The maximum absolute atomic E-state index is 13.1. The standard InChI is InChI=1S/C20H24N4O3S2/c1-3-9-21-17-14(18(25)23-10-6-5-8-16(23)22-17)13-15-19(26)24(20(28)29-15)11-7-12-27-4-2/h5-6,8,10,13,21H,3-4,7,9,11-12H2,1-2H3. The molecule has 1 amide bonds. The number of pyridine rings is 1. The minimum absolute atomic E-state index is 0.185. The van der Waals surface area contributed by atoms with Gasteiger partial charge in [0.2, 0.25) is 0 Å². The molecule has 0 unspecified atom stereocenters. The average Bonchev–Trinajstić information content (AvgIpc) is 2.99. The third-order valence-corrected chi connectivity index (χ3v) is 5.71. The molecule has 3 rings (SSSR count). The molecule has 0 aliphatic carbocycles. The number of anilines is 1. The number of thioether (sulfide) groups is 1. The number of hydrogen-bond donors (Lipinski definition) is 1. The molecule has 0 radical (unpaired) electrons. The number of hydrogen-bond acceptors (Lipinski definition) is 7. The summed E-state index contributed by atoms with van der Waals surface area (Å²) in [6.45, 7) is 6.36. The summed E-state index contributed by atoms with van der Waals surface area (Å²) in [4.78, 5) is 32.5. The van der Waals surface area contributed by atoms with Gasteiger partial charge in [-0.15, -0.1) is 0 Å². The fourth-order valence-corrected chi connectivity index (χ4v) is 4.19. The minimum atomic E-state index is -0.226. The number of nitrogens with one attached hydrogen (secondary N) is 1. The highest BCUT2D eigenvalue weighted by molar-refractivity contribution is 8.26. The first-order chi connectivity index (χ1) is 14.1. The van der Waals surface area contributed by atoms with Gasteiger partial charge in [0, 0.05) is 32.5 Å². The van der Waals surface area contributed by atoms with Crippen molar-refractivity contribution < 1.29 is 9.53 Å². The number of rotatable bonds is 9. The Balaban J connectivity index is 1.94. The van der Waals surface area contributed by atoms with Gasteiger partial charge in [-0.25, -0.2) is 4.98 Å². The van der Waals surface area contributed by atoms with Crippen molar-refractivity contribution in [2.45, 2.75) is 26.7 Å². The number of thiocarbonyl (C=S) groups is 1. The van der Waals surface area contributed by atoms with Gasteiger partial charge < -0.3 is 10.1 Å². The van der Waals surface area contributed by atoms with E-state index in [1.807, 2.05) is 19.9 Å². The third-order valence-electron chi connectivity index (χ3n) is 4.34. The number of aromatic nitrogens is 2. The third kappa shape index (κ3) is 4.85. The monoisotopic (exact) mass is 432 g/mol. The van der Waals surface area contributed by atoms with Crippen molar-refractivity contribution in [1.29, 1.82) is 0 Å². The van der Waals surface area contributed by atoms with Crippen LogP contribution in [0.3, 0.4) is 0 Å². The Kier molecular flexibility index (Phi) is 7.40. The van der Waals surface area contributed by atoms with Crippen LogP contribution in [0.2, 0.25) is 0 Å². The summed E-state index contributed by atoms with van der Waals surface area (Å²) in [5, 5.41) is 3.20. The van der Waals surface area contributed by atoms with Crippen molar-refractivity contribution in [1.82, 2.24) is 14.3 Å². The molecule has 7 nitrogen and oxygen atoms in total. The summed E-state index contributed by atoms with van der Waals surface area (Å²) in [7, 11) is 0. The Labute approximate surface area is 179 Å². The number of amides is 1. The summed E-state index contributed by atoms with van der Waals surface area (Å²) in [5.74, 6) is 0.292. The van der Waals surface area contributed by atoms with Crippen molar-refractivity contribution in [3.63, 3.8) is 0 Å². The van der Waals surface area contributed by atoms with Crippen molar-refractivity contribution in [3.05, 3.63) is 45.2 Å². The van der Waals surface area contributed by atoms with Crippen LogP contribution in [0.25, 0.3) is 11.7 Å². The molecule has 0 aromatic carbocycles. The lowest BCUT2D eigenvalue weighted by Crippen LogP contribution is -2.29. The average molecular weight is 433 g/mol. The maximum atomic E-state index is 13.1. The fraction of sp³-hybridized carbons (Fsp3) is 0.400. The van der Waals surface area contributed by atoms with Crippen molar-refractivity contribution >= 4 is 51.7 Å². The maximum Gasteiger partial charge on any atom is 0.267 e. The molecule has 29 heavy (non-hydrogen) atoms. The topological polar surface area (TPSA) is 75.9 Å². The van der Waals surface area contributed by atoms with Crippen LogP contribution < -0.4 is 10.9 Å². The molecule has 2 aromatic heterocycles. The molecule has 0 spiro atoms. The van der Waals surface area contributed by atoms with E-state index in [0.717, 1.165) is 6.42 Å². The number of carbonyl (C=O) groups excluding carboxylic acids is 1. The van der Waals surface area contributed by atoms with Gasteiger partial charge in [0.1, 0.15) is 15.8 Å². The number of carbonyl (C=O) groups is 1. The van der Waals surface area contributed by atoms with Crippen LogP contribution in [0.1, 0.15) is 32.3 Å². The van der Waals surface area contributed by atoms with Crippen LogP contribution in [-0.4, -0.2) is 50.8 Å². The highest BCUT2D eigenvalue weighted by atomic mass is 32.2. The second-order valence-corrected chi connectivity index (χ2v) is 8.09. The normalized spacial score (nSPS) is 15.7. The van der Waals surface area contributed by atoms with E-state index in [2.05, 4.69) is 10.3 Å². The molecule has 3 heterocycles. The highest BCUT2D eigenvalue weighted by Crippen LogP contribution is 2.33. The van der Waals surface area contributed by atoms with Gasteiger partial charge >= 0.3 is 0 Å². The van der Waals surface area contributed by atoms with Crippen LogP contribution in [0, 0.1) is 0 Å². The van der Waals surface area contributed by atoms with Crippen LogP contribution in [-0.2, 0) is 9.53 Å². The summed E-state index contributed by atoms with van der Waals surface area (Å²) in [5.41, 5.74) is 0.685. The highest BCUT2D eigenvalue weighted by Gasteiger charge is 2.32. The molecule has 9 heteroatoms. The first-order valence-electron chi connectivity index (χ1n) is 9.65. The molecule has 1 aliphatic rings. The van der Waals surface area contributed by atoms with E-state index >= 15 is 0 Å². The second-order valence-electron chi connectivity index (χ2n) is 6.42. The summed E-state index contributed by atoms with van der Waals surface area (Å²) in [6, 6.07) is 5.38. The Bertz CT molecular complexity index is 1000. The molecule has 1 aliphatic heterocycles. The largest absolute Gasteiger partial charge is 0.382 e. The van der Waals surface area contributed by atoms with Crippen molar-refractivity contribution in [2.75, 3.05) is 31.6 Å². The zero-order valence-corrected chi connectivity index (χ0v) is 18.1. The van der Waals surface area contributed by atoms with Crippen molar-refractivity contribution in [2.24, 2.45) is 0 Å². The van der Waals surface area contributed by atoms with Gasteiger partial charge in [-0.3, -0.25) is 18.9 Å². The van der Waals surface area contributed by atoms with Gasteiger partial charge in [-0.2, -0.15) is 0 Å². The molecule has 154 valence electrons. The Morgan fingerprint density at radius 1 is 1.31 bits per heavy atom. The van der Waals surface area contributed by atoms with E-state index < -0.39 is 0 Å². The lowest BCUT2D eigenvalue weighted by Gasteiger charge is -2.14. The van der Waals surface area contributed by atoms with Gasteiger partial charge in [-0.05, 0) is 38.0 Å². The Morgan fingerprint density at radius 2 is 2.14 bits per heavy atom. The van der Waals surface area contributed by atoms with E-state index in [0.29, 0.717) is 59.0 Å². The predicted octanol–water partition coefficient (Wildman–Crippen LogP) is 3.14. The lowest BCUT2D eigenvalue weighted by atomic mass is 10.2. The molecule has 0 atom stereocenters. The molecular formula is C20H24N4O3S2. The molecular weight excluding hydrogens is 408 g/mol. The molecule has 2 aromatic rings. The van der Waals surface area contributed by atoms with Gasteiger partial charge in [0.25, 0.3) is 11.5 Å². The fourth-order valence-electron chi connectivity index (χ4n) is 2.90. The van der Waals surface area contributed by atoms with Crippen LogP contribution in [0.4, 0.5) is 5.82 Å². The van der Waals surface area contributed by atoms with Gasteiger partial charge in [0.15, 0.2) is 0 Å². The van der Waals surface area contributed by atoms with E-state index in [9.17, 15) is 9.59 Å². The zero-order valence-electron chi connectivity index (χ0n) is 16.5. The summed E-state index contributed by atoms with van der Waals surface area (Å²) < 4.78 is 7.31. The molecule has 0 saturated carbocycles. The Hall–Kier alpha value is -2.23. The van der Waals surface area contributed by atoms with E-state index in [1.54, 1.807) is 29.3 Å². The first-order valence-corrected chi connectivity index (χ1v) is 10.9. The smallest absolute Gasteiger partial charge is 0.267 e. The predicted molar refractivity (Wildman–Crippen MR) is 121 cm³/mol. The van der Waals surface area contributed by atoms with Crippen LogP contribution in [0.15, 0.2) is 34.1 Å². The molecule has 1 saturated heterocycles. The van der Waals surface area contributed by atoms with E-state index in [-0.39, 0.29) is 11.5 Å². The van der Waals surface area contributed by atoms with Gasteiger partial charge in [0.05, 0.1) is 10.5 Å².